The van der Waals surface area contributed by atoms with Crippen LogP contribution in [-0.4, -0.2) is 27.1 Å². The molecule has 2 aliphatic rings. The van der Waals surface area contributed by atoms with Gasteiger partial charge in [-0.3, -0.25) is 20.4 Å². The van der Waals surface area contributed by atoms with Crippen LogP contribution in [0.1, 0.15) is 57.0 Å². The molecule has 0 aliphatic heterocycles. The highest BCUT2D eigenvalue weighted by Gasteiger charge is 2.43. The maximum absolute atomic E-state index is 11.9. The van der Waals surface area contributed by atoms with Crippen molar-refractivity contribution in [1.29, 1.82) is 0 Å². The Kier molecular flexibility index (Phi) is 5.41. The summed E-state index contributed by atoms with van der Waals surface area (Å²) in [6.07, 6.45) is 5.49. The van der Waals surface area contributed by atoms with Crippen LogP contribution in [0.25, 0.3) is 0 Å². The van der Waals surface area contributed by atoms with Gasteiger partial charge in [0.05, 0.1) is 11.4 Å². The predicted molar refractivity (Wildman–Crippen MR) is 98.0 cm³/mol. The third-order valence-electron chi connectivity index (χ3n) is 5.88. The van der Waals surface area contributed by atoms with Crippen LogP contribution in [0.3, 0.4) is 0 Å². The van der Waals surface area contributed by atoms with E-state index in [0.29, 0.717) is 6.04 Å². The van der Waals surface area contributed by atoms with Gasteiger partial charge in [0.1, 0.15) is 0 Å². The summed E-state index contributed by atoms with van der Waals surface area (Å²) in [6, 6.07) is 0.414. The van der Waals surface area contributed by atoms with Gasteiger partial charge in [0, 0.05) is 18.7 Å². The summed E-state index contributed by atoms with van der Waals surface area (Å²) in [5, 5.41) is 0.906. The van der Waals surface area contributed by atoms with E-state index in [9.17, 15) is 9.59 Å². The van der Waals surface area contributed by atoms with Crippen molar-refractivity contribution in [3.05, 3.63) is 11.4 Å². The normalized spacial score (nSPS) is 25.8. The molecule has 25 heavy (non-hydrogen) atoms. The lowest BCUT2D eigenvalue weighted by atomic mass is 9.84. The zero-order chi connectivity index (χ0) is 18.1. The lowest BCUT2D eigenvalue weighted by Gasteiger charge is -2.30. The van der Waals surface area contributed by atoms with Crippen LogP contribution in [0.4, 0.5) is 0 Å². The van der Waals surface area contributed by atoms with Gasteiger partial charge in [-0.15, -0.1) is 0 Å². The van der Waals surface area contributed by atoms with Gasteiger partial charge in [-0.25, -0.2) is 4.98 Å². The predicted octanol–water partition coefficient (Wildman–Crippen LogP) is 2.76. The molecule has 138 valence electrons. The van der Waals surface area contributed by atoms with Gasteiger partial charge >= 0.3 is 0 Å². The first-order valence-corrected chi connectivity index (χ1v) is 10.1. The number of nitrogens with one attached hydrogen (secondary N) is 2. The minimum atomic E-state index is -0.281. The van der Waals surface area contributed by atoms with E-state index in [-0.39, 0.29) is 17.6 Å². The molecule has 2 N–H and O–H groups in total. The standard InChI is InChI=1S/C18H28N4O2S/c1-10-11(2)22(12(3)16-8-14-5-6-15(16)7-14)18(19-10)25-9-17(24)21-20-13(4)23/h12,14-16H,5-9H2,1-4H3,(H,20,23)(H,21,24)/t12-,14-,15-,16+/m0/s1. The molecule has 2 saturated carbocycles. The lowest BCUT2D eigenvalue weighted by molar-refractivity contribution is -0.126. The molecule has 3 rings (SSSR count). The smallest absolute Gasteiger partial charge is 0.248 e. The first-order valence-electron chi connectivity index (χ1n) is 9.10. The van der Waals surface area contributed by atoms with Crippen LogP contribution >= 0.6 is 11.8 Å². The van der Waals surface area contributed by atoms with E-state index in [2.05, 4.69) is 29.3 Å². The number of aromatic nitrogens is 2. The second-order valence-corrected chi connectivity index (χ2v) is 8.48. The van der Waals surface area contributed by atoms with Crippen molar-refractivity contribution in [3.63, 3.8) is 0 Å². The number of rotatable bonds is 5. The monoisotopic (exact) mass is 364 g/mol. The first-order chi connectivity index (χ1) is 11.9. The maximum Gasteiger partial charge on any atom is 0.248 e. The zero-order valence-corrected chi connectivity index (χ0v) is 16.3. The van der Waals surface area contributed by atoms with Gasteiger partial charge in [-0.05, 0) is 57.8 Å². The fourth-order valence-electron chi connectivity index (χ4n) is 4.58. The molecule has 2 aliphatic carbocycles. The van der Waals surface area contributed by atoms with E-state index >= 15 is 0 Å². The number of hydrogen-bond acceptors (Lipinski definition) is 4. The fraction of sp³-hybridized carbons (Fsp3) is 0.722. The van der Waals surface area contributed by atoms with Gasteiger partial charge < -0.3 is 4.57 Å². The summed E-state index contributed by atoms with van der Waals surface area (Å²) in [5.41, 5.74) is 6.94. The van der Waals surface area contributed by atoms with Crippen molar-refractivity contribution in [2.75, 3.05) is 5.75 Å². The molecule has 2 bridgehead atoms. The Balaban J connectivity index is 1.69. The number of carbonyl (C=O) groups is 2. The quantitative estimate of drug-likeness (QED) is 0.622. The molecule has 0 aromatic carbocycles. The zero-order valence-electron chi connectivity index (χ0n) is 15.5. The van der Waals surface area contributed by atoms with Crippen LogP contribution in [0.5, 0.6) is 0 Å². The number of aryl methyl sites for hydroxylation is 1. The summed E-state index contributed by atoms with van der Waals surface area (Å²) in [7, 11) is 0. The Labute approximate surface area is 153 Å². The molecular formula is C18H28N4O2S. The van der Waals surface area contributed by atoms with E-state index in [0.717, 1.165) is 28.6 Å². The number of hydrazine groups is 1. The lowest BCUT2D eigenvalue weighted by Crippen LogP contribution is -2.41. The van der Waals surface area contributed by atoms with Gasteiger partial charge in [0.25, 0.3) is 0 Å². The SMILES string of the molecule is CC(=O)NNC(=O)CSc1nc(C)c(C)n1[C@@H](C)[C@H]1C[C@H]2CC[C@H]1C2. The number of hydrogen-bond donors (Lipinski definition) is 2. The van der Waals surface area contributed by atoms with Crippen molar-refractivity contribution in [2.24, 2.45) is 17.8 Å². The van der Waals surface area contributed by atoms with Crippen molar-refractivity contribution >= 4 is 23.6 Å². The number of amides is 2. The topological polar surface area (TPSA) is 76.0 Å². The van der Waals surface area contributed by atoms with Crippen molar-refractivity contribution < 1.29 is 9.59 Å². The molecule has 7 heteroatoms. The molecule has 0 spiro atoms. The molecule has 2 fully saturated rings. The molecule has 1 heterocycles. The van der Waals surface area contributed by atoms with E-state index < -0.39 is 0 Å². The minimum Gasteiger partial charge on any atom is -0.320 e. The Hall–Kier alpha value is -1.50. The Morgan fingerprint density at radius 3 is 2.64 bits per heavy atom. The molecule has 0 unspecified atom stereocenters. The summed E-state index contributed by atoms with van der Waals surface area (Å²) >= 11 is 1.44. The van der Waals surface area contributed by atoms with E-state index in [1.54, 1.807) is 0 Å². The van der Waals surface area contributed by atoms with Crippen molar-refractivity contribution in [1.82, 2.24) is 20.4 Å². The number of carbonyl (C=O) groups excluding carboxylic acids is 2. The number of fused-ring (bicyclic) bond motifs is 2. The third kappa shape index (κ3) is 3.86. The minimum absolute atomic E-state index is 0.224. The van der Waals surface area contributed by atoms with Crippen LogP contribution in [0.2, 0.25) is 0 Å². The Morgan fingerprint density at radius 2 is 2.04 bits per heavy atom. The Morgan fingerprint density at radius 1 is 1.28 bits per heavy atom. The van der Waals surface area contributed by atoms with Crippen molar-refractivity contribution in [3.8, 4) is 0 Å². The van der Waals surface area contributed by atoms with Gasteiger partial charge in [-0.2, -0.15) is 0 Å². The average Bonchev–Trinajstić information content (AvgIpc) is 3.26. The van der Waals surface area contributed by atoms with E-state index in [1.165, 1.54) is 50.1 Å². The highest BCUT2D eigenvalue weighted by atomic mass is 32.2. The van der Waals surface area contributed by atoms with E-state index in [1.807, 2.05) is 6.92 Å². The molecular weight excluding hydrogens is 336 g/mol. The molecule has 1 aromatic rings. The molecule has 6 nitrogen and oxygen atoms in total. The number of thioether (sulfide) groups is 1. The maximum atomic E-state index is 11.9. The highest BCUT2D eigenvalue weighted by Crippen LogP contribution is 2.52. The average molecular weight is 365 g/mol. The summed E-state index contributed by atoms with van der Waals surface area (Å²) in [6.45, 7) is 7.82. The third-order valence-corrected chi connectivity index (χ3v) is 6.84. The Bertz CT molecular complexity index is 672. The molecule has 0 saturated heterocycles. The van der Waals surface area contributed by atoms with Crippen LogP contribution in [0.15, 0.2) is 5.16 Å². The molecule has 2 amide bonds. The molecule has 1 aromatic heterocycles. The molecule has 4 atom stereocenters. The van der Waals surface area contributed by atoms with Crippen molar-refractivity contribution in [2.45, 2.75) is 64.6 Å². The fourth-order valence-corrected chi connectivity index (χ4v) is 5.55. The van der Waals surface area contributed by atoms with E-state index in [4.69, 9.17) is 4.98 Å². The second-order valence-electron chi connectivity index (χ2n) is 7.53. The van der Waals surface area contributed by atoms with Gasteiger partial charge in [0.15, 0.2) is 5.16 Å². The first kappa shape index (κ1) is 18.3. The van der Waals surface area contributed by atoms with Gasteiger partial charge in [-0.1, -0.05) is 18.2 Å². The summed E-state index contributed by atoms with van der Waals surface area (Å²) in [4.78, 5) is 27.4. The largest absolute Gasteiger partial charge is 0.320 e. The van der Waals surface area contributed by atoms with Gasteiger partial charge in [0.2, 0.25) is 11.8 Å². The van der Waals surface area contributed by atoms with Crippen LogP contribution in [0, 0.1) is 31.6 Å². The molecule has 0 radical (unpaired) electrons. The van der Waals surface area contributed by atoms with Crippen LogP contribution < -0.4 is 10.9 Å². The second kappa shape index (κ2) is 7.40. The van der Waals surface area contributed by atoms with Crippen LogP contribution in [-0.2, 0) is 9.59 Å². The highest BCUT2D eigenvalue weighted by molar-refractivity contribution is 7.99. The summed E-state index contributed by atoms with van der Waals surface area (Å²) < 4.78 is 2.33. The summed E-state index contributed by atoms with van der Waals surface area (Å²) in [5.74, 6) is 2.22. The number of nitrogens with zero attached hydrogens (tertiary/aromatic N) is 2. The number of imidazole rings is 1.